The van der Waals surface area contributed by atoms with E-state index in [0.717, 1.165) is 36.6 Å². The van der Waals surface area contributed by atoms with Crippen molar-refractivity contribution in [2.45, 2.75) is 44.6 Å². The van der Waals surface area contributed by atoms with E-state index in [4.69, 9.17) is 10.7 Å². The summed E-state index contributed by atoms with van der Waals surface area (Å²) in [5, 5.41) is 6.61. The molecule has 1 saturated heterocycles. The quantitative estimate of drug-likeness (QED) is 0.788. The van der Waals surface area contributed by atoms with Crippen LogP contribution in [0.4, 0.5) is 0 Å². The van der Waals surface area contributed by atoms with Crippen LogP contribution < -0.4 is 11.1 Å². The summed E-state index contributed by atoms with van der Waals surface area (Å²) in [6.45, 7) is 8.58. The molecule has 1 aliphatic rings. The number of nitrogens with one attached hydrogen (secondary N) is 1. The number of rotatable bonds is 1. The molecule has 0 amide bonds. The zero-order chi connectivity index (χ0) is 11.8. The third kappa shape index (κ3) is 2.29. The van der Waals surface area contributed by atoms with Crippen LogP contribution in [-0.2, 0) is 11.0 Å². The highest BCUT2D eigenvalue weighted by atomic mass is 32.1. The second-order valence-electron chi connectivity index (χ2n) is 5.69. The van der Waals surface area contributed by atoms with Crippen molar-refractivity contribution >= 4 is 11.3 Å². The van der Waals surface area contributed by atoms with Gasteiger partial charge in [-0.2, -0.15) is 0 Å². The highest BCUT2D eigenvalue weighted by Gasteiger charge is 2.33. The van der Waals surface area contributed by atoms with Crippen molar-refractivity contribution in [1.29, 1.82) is 0 Å². The molecule has 2 heterocycles. The van der Waals surface area contributed by atoms with Crippen molar-refractivity contribution in [3.8, 4) is 0 Å². The molecule has 2 rings (SSSR count). The SMILES string of the molecule is CC(C)(C)c1csc(C2(N)CCNCC2)n1. The van der Waals surface area contributed by atoms with E-state index >= 15 is 0 Å². The largest absolute Gasteiger partial charge is 0.319 e. The molecule has 0 aromatic carbocycles. The fourth-order valence-electron chi connectivity index (χ4n) is 1.93. The Morgan fingerprint density at radius 2 is 2.00 bits per heavy atom. The fraction of sp³-hybridized carbons (Fsp3) is 0.750. The molecule has 1 aromatic heterocycles. The predicted molar refractivity (Wildman–Crippen MR) is 68.8 cm³/mol. The fourth-order valence-corrected chi connectivity index (χ4v) is 3.15. The Hall–Kier alpha value is -0.450. The van der Waals surface area contributed by atoms with Gasteiger partial charge in [-0.3, -0.25) is 0 Å². The molecule has 1 aliphatic heterocycles. The summed E-state index contributed by atoms with van der Waals surface area (Å²) in [5.74, 6) is 0. The van der Waals surface area contributed by atoms with E-state index in [1.54, 1.807) is 11.3 Å². The lowest BCUT2D eigenvalue weighted by Gasteiger charge is -2.32. The molecule has 0 radical (unpaired) electrons. The van der Waals surface area contributed by atoms with Crippen molar-refractivity contribution in [2.24, 2.45) is 5.73 Å². The van der Waals surface area contributed by atoms with E-state index in [1.807, 2.05) is 0 Å². The molecule has 0 saturated carbocycles. The molecule has 3 nitrogen and oxygen atoms in total. The lowest BCUT2D eigenvalue weighted by Crippen LogP contribution is -2.46. The Labute approximate surface area is 101 Å². The van der Waals surface area contributed by atoms with Gasteiger partial charge >= 0.3 is 0 Å². The number of hydrogen-bond acceptors (Lipinski definition) is 4. The molecule has 16 heavy (non-hydrogen) atoms. The molecular formula is C12H21N3S. The van der Waals surface area contributed by atoms with Crippen LogP contribution in [-0.4, -0.2) is 18.1 Å². The van der Waals surface area contributed by atoms with E-state index in [-0.39, 0.29) is 11.0 Å². The maximum Gasteiger partial charge on any atom is 0.113 e. The molecular weight excluding hydrogens is 218 g/mol. The van der Waals surface area contributed by atoms with E-state index in [2.05, 4.69) is 31.5 Å². The van der Waals surface area contributed by atoms with Gasteiger partial charge < -0.3 is 11.1 Å². The zero-order valence-corrected chi connectivity index (χ0v) is 11.2. The second kappa shape index (κ2) is 4.09. The van der Waals surface area contributed by atoms with Gasteiger partial charge in [-0.15, -0.1) is 11.3 Å². The van der Waals surface area contributed by atoms with Crippen molar-refractivity contribution in [1.82, 2.24) is 10.3 Å². The van der Waals surface area contributed by atoms with Crippen molar-refractivity contribution < 1.29 is 0 Å². The number of thiazole rings is 1. The molecule has 1 fully saturated rings. The molecule has 0 bridgehead atoms. The van der Waals surface area contributed by atoms with Gasteiger partial charge in [0.25, 0.3) is 0 Å². The summed E-state index contributed by atoms with van der Waals surface area (Å²) in [6.07, 6.45) is 1.98. The second-order valence-corrected chi connectivity index (χ2v) is 6.55. The minimum Gasteiger partial charge on any atom is -0.319 e. The summed E-state index contributed by atoms with van der Waals surface area (Å²) in [5.41, 5.74) is 7.54. The van der Waals surface area contributed by atoms with E-state index in [0.29, 0.717) is 0 Å². The van der Waals surface area contributed by atoms with Crippen LogP contribution in [0.3, 0.4) is 0 Å². The first-order valence-electron chi connectivity index (χ1n) is 5.88. The molecule has 0 atom stereocenters. The van der Waals surface area contributed by atoms with E-state index in [1.165, 1.54) is 0 Å². The number of hydrogen-bond donors (Lipinski definition) is 2. The lowest BCUT2D eigenvalue weighted by atomic mass is 9.89. The van der Waals surface area contributed by atoms with Crippen molar-refractivity contribution in [3.63, 3.8) is 0 Å². The Kier molecular flexibility index (Phi) is 3.07. The summed E-state index contributed by atoms with van der Waals surface area (Å²) >= 11 is 1.72. The minimum absolute atomic E-state index is 0.123. The summed E-state index contributed by atoms with van der Waals surface area (Å²) in [7, 11) is 0. The van der Waals surface area contributed by atoms with Gasteiger partial charge in [-0.25, -0.2) is 4.98 Å². The third-order valence-electron chi connectivity index (χ3n) is 3.19. The first-order valence-corrected chi connectivity index (χ1v) is 6.76. The van der Waals surface area contributed by atoms with Gasteiger partial charge in [-0.05, 0) is 25.9 Å². The standard InChI is InChI=1S/C12H21N3S/c1-11(2,3)9-8-16-10(15-9)12(13)4-6-14-7-5-12/h8,14H,4-7,13H2,1-3H3. The lowest BCUT2D eigenvalue weighted by molar-refractivity contribution is 0.315. The average molecular weight is 239 g/mol. The van der Waals surface area contributed by atoms with E-state index < -0.39 is 0 Å². The summed E-state index contributed by atoms with van der Waals surface area (Å²) < 4.78 is 0. The van der Waals surface area contributed by atoms with E-state index in [9.17, 15) is 0 Å². The Morgan fingerprint density at radius 3 is 2.50 bits per heavy atom. The molecule has 0 unspecified atom stereocenters. The first kappa shape index (κ1) is 12.0. The smallest absolute Gasteiger partial charge is 0.113 e. The molecule has 3 N–H and O–H groups in total. The first-order chi connectivity index (χ1) is 7.42. The van der Waals surface area contributed by atoms with Crippen LogP contribution in [0.1, 0.15) is 44.3 Å². The van der Waals surface area contributed by atoms with Gasteiger partial charge in [0.15, 0.2) is 0 Å². The highest BCUT2D eigenvalue weighted by molar-refractivity contribution is 7.09. The van der Waals surface area contributed by atoms with Crippen LogP contribution in [0.25, 0.3) is 0 Å². The molecule has 4 heteroatoms. The van der Waals surface area contributed by atoms with Crippen molar-refractivity contribution in [3.05, 3.63) is 16.1 Å². The van der Waals surface area contributed by atoms with Crippen LogP contribution in [0.5, 0.6) is 0 Å². The maximum atomic E-state index is 6.44. The normalized spacial score (nSPS) is 21.0. The topological polar surface area (TPSA) is 50.9 Å². The maximum absolute atomic E-state index is 6.44. The van der Waals surface area contributed by atoms with Crippen LogP contribution >= 0.6 is 11.3 Å². The van der Waals surface area contributed by atoms with Gasteiger partial charge in [0.2, 0.25) is 0 Å². The summed E-state index contributed by atoms with van der Waals surface area (Å²) in [4.78, 5) is 4.74. The molecule has 0 spiro atoms. The van der Waals surface area contributed by atoms with Crippen LogP contribution in [0, 0.1) is 0 Å². The zero-order valence-electron chi connectivity index (χ0n) is 10.3. The van der Waals surface area contributed by atoms with Gasteiger partial charge in [0, 0.05) is 10.8 Å². The Morgan fingerprint density at radius 1 is 1.38 bits per heavy atom. The third-order valence-corrected chi connectivity index (χ3v) is 4.26. The number of aromatic nitrogens is 1. The monoisotopic (exact) mass is 239 g/mol. The van der Waals surface area contributed by atoms with Crippen LogP contribution in [0.2, 0.25) is 0 Å². The van der Waals surface area contributed by atoms with Gasteiger partial charge in [0.1, 0.15) is 5.01 Å². The molecule has 90 valence electrons. The minimum atomic E-state index is -0.195. The Balaban J connectivity index is 2.24. The number of piperidine rings is 1. The number of nitrogens with two attached hydrogens (primary N) is 1. The van der Waals surface area contributed by atoms with Gasteiger partial charge in [0.05, 0.1) is 11.2 Å². The average Bonchev–Trinajstić information content (AvgIpc) is 2.67. The number of nitrogens with zero attached hydrogens (tertiary/aromatic N) is 1. The highest BCUT2D eigenvalue weighted by Crippen LogP contribution is 2.33. The van der Waals surface area contributed by atoms with Gasteiger partial charge in [-0.1, -0.05) is 20.8 Å². The Bertz CT molecular complexity index is 359. The van der Waals surface area contributed by atoms with Crippen LogP contribution in [0.15, 0.2) is 5.38 Å². The van der Waals surface area contributed by atoms with Crippen molar-refractivity contribution in [2.75, 3.05) is 13.1 Å². The molecule has 0 aliphatic carbocycles. The predicted octanol–water partition coefficient (Wildman–Crippen LogP) is 1.98. The molecule has 1 aromatic rings. The summed E-state index contributed by atoms with van der Waals surface area (Å²) in [6, 6.07) is 0.